The van der Waals surface area contributed by atoms with Crippen molar-refractivity contribution >= 4 is 22.5 Å². The monoisotopic (exact) mass is 348 g/mol. The van der Waals surface area contributed by atoms with E-state index >= 15 is 0 Å². The van der Waals surface area contributed by atoms with Gasteiger partial charge in [-0.05, 0) is 29.8 Å². The van der Waals surface area contributed by atoms with Crippen LogP contribution in [0.3, 0.4) is 0 Å². The van der Waals surface area contributed by atoms with Crippen molar-refractivity contribution in [2.45, 2.75) is 12.6 Å². The van der Waals surface area contributed by atoms with Crippen molar-refractivity contribution in [3.63, 3.8) is 0 Å². The van der Waals surface area contributed by atoms with Gasteiger partial charge in [0, 0.05) is 23.7 Å². The number of fused-ring (bicyclic) bond motifs is 1. The average molecular weight is 348 g/mol. The normalized spacial score (nSPS) is 11.6. The minimum absolute atomic E-state index is 0.0829. The van der Waals surface area contributed by atoms with Crippen LogP contribution in [0.5, 0.6) is 0 Å². The number of non-ortho nitro benzene ring substituents is 1. The van der Waals surface area contributed by atoms with Crippen molar-refractivity contribution in [1.82, 2.24) is 4.57 Å². The van der Waals surface area contributed by atoms with Gasteiger partial charge in [-0.15, -0.1) is 0 Å². The lowest BCUT2D eigenvalue weighted by atomic mass is 10.1. The Morgan fingerprint density at radius 3 is 2.36 bits per heavy atom. The molecule has 5 nitrogen and oxygen atoms in total. The summed E-state index contributed by atoms with van der Waals surface area (Å²) >= 11 is 0. The van der Waals surface area contributed by atoms with Gasteiger partial charge in [-0.25, -0.2) is 0 Å². The molecular formula is C17H11F3N2O3. The Hall–Kier alpha value is -3.16. The van der Waals surface area contributed by atoms with E-state index in [0.717, 1.165) is 12.1 Å². The molecule has 0 saturated heterocycles. The second-order valence-corrected chi connectivity index (χ2v) is 5.45. The van der Waals surface area contributed by atoms with Gasteiger partial charge in [-0.3, -0.25) is 19.5 Å². The summed E-state index contributed by atoms with van der Waals surface area (Å²) in [4.78, 5) is 22.6. The molecule has 0 atom stereocenters. The number of carbonyl (C=O) groups excluding carboxylic acids is 1. The van der Waals surface area contributed by atoms with Crippen LogP contribution in [0.1, 0.15) is 15.9 Å². The fourth-order valence-corrected chi connectivity index (χ4v) is 2.53. The summed E-state index contributed by atoms with van der Waals surface area (Å²) in [7, 11) is 0. The molecule has 0 amide bonds. The maximum Gasteiger partial charge on any atom is 0.416 e. The lowest BCUT2D eigenvalue weighted by Crippen LogP contribution is -2.12. The minimum Gasteiger partial charge on any atom is -0.287 e. The van der Waals surface area contributed by atoms with Crippen molar-refractivity contribution in [2.24, 2.45) is 0 Å². The number of carbonyl (C=O) groups is 1. The van der Waals surface area contributed by atoms with E-state index in [4.69, 9.17) is 0 Å². The summed E-state index contributed by atoms with van der Waals surface area (Å²) in [5.74, 6) is -0.344. The van der Waals surface area contributed by atoms with Crippen LogP contribution in [-0.4, -0.2) is 15.4 Å². The van der Waals surface area contributed by atoms with Crippen LogP contribution >= 0.6 is 0 Å². The Morgan fingerprint density at radius 2 is 1.76 bits per heavy atom. The molecule has 3 aromatic rings. The maximum absolute atomic E-state index is 12.6. The molecule has 0 aliphatic rings. The highest BCUT2D eigenvalue weighted by molar-refractivity contribution is 5.94. The smallest absolute Gasteiger partial charge is 0.287 e. The Balaban J connectivity index is 1.84. The molecule has 128 valence electrons. The van der Waals surface area contributed by atoms with Gasteiger partial charge < -0.3 is 0 Å². The quantitative estimate of drug-likeness (QED) is 0.519. The van der Waals surface area contributed by atoms with Crippen LogP contribution in [0.2, 0.25) is 0 Å². The molecule has 1 aromatic heterocycles. The molecule has 0 aliphatic carbocycles. The Bertz CT molecular complexity index is 959. The first-order chi connectivity index (χ1) is 11.8. The number of hydrogen-bond donors (Lipinski definition) is 0. The molecule has 25 heavy (non-hydrogen) atoms. The van der Waals surface area contributed by atoms with Crippen LogP contribution in [0, 0.1) is 10.1 Å². The standard InChI is InChI=1S/C17H11F3N2O3/c18-17(19,20)13-3-1-11(2-4-13)9-16(23)21-8-7-12-10-14(22(24)25)5-6-15(12)21/h1-8,10H,9H2. The molecule has 8 heteroatoms. The van der Waals surface area contributed by atoms with Crippen LogP contribution in [0.25, 0.3) is 10.9 Å². The van der Waals surface area contributed by atoms with E-state index in [0.29, 0.717) is 16.5 Å². The Morgan fingerprint density at radius 1 is 1.08 bits per heavy atom. The van der Waals surface area contributed by atoms with Gasteiger partial charge >= 0.3 is 6.18 Å². The second kappa shape index (κ2) is 6.04. The average Bonchev–Trinajstić information content (AvgIpc) is 2.97. The summed E-state index contributed by atoms with van der Waals surface area (Å²) < 4.78 is 39.0. The molecule has 0 fully saturated rings. The first-order valence-corrected chi connectivity index (χ1v) is 7.20. The number of alkyl halides is 3. The van der Waals surface area contributed by atoms with E-state index in [9.17, 15) is 28.1 Å². The molecule has 0 radical (unpaired) electrons. The summed E-state index contributed by atoms with van der Waals surface area (Å²) in [6.07, 6.45) is -3.02. The summed E-state index contributed by atoms with van der Waals surface area (Å²) in [5.41, 5.74) is 0.0899. The van der Waals surface area contributed by atoms with Gasteiger partial charge in [-0.1, -0.05) is 12.1 Å². The SMILES string of the molecule is O=C(Cc1ccc(C(F)(F)F)cc1)n1ccc2cc([N+](=O)[O-])ccc21. The highest BCUT2D eigenvalue weighted by atomic mass is 19.4. The van der Waals surface area contributed by atoms with Crippen LogP contribution in [0.4, 0.5) is 18.9 Å². The molecule has 0 N–H and O–H groups in total. The number of nitro groups is 1. The number of hydrogen-bond acceptors (Lipinski definition) is 3. The molecule has 0 saturated carbocycles. The van der Waals surface area contributed by atoms with Crippen molar-refractivity contribution in [1.29, 1.82) is 0 Å². The van der Waals surface area contributed by atoms with E-state index in [1.54, 1.807) is 6.07 Å². The molecule has 0 aliphatic heterocycles. The van der Waals surface area contributed by atoms with Crippen LogP contribution in [-0.2, 0) is 12.6 Å². The van der Waals surface area contributed by atoms with E-state index in [1.165, 1.54) is 41.1 Å². The van der Waals surface area contributed by atoms with Gasteiger partial charge in [0.25, 0.3) is 5.69 Å². The topological polar surface area (TPSA) is 65.1 Å². The molecule has 0 spiro atoms. The largest absolute Gasteiger partial charge is 0.416 e. The van der Waals surface area contributed by atoms with E-state index in [2.05, 4.69) is 0 Å². The third-order valence-corrected chi connectivity index (χ3v) is 3.79. The van der Waals surface area contributed by atoms with E-state index in [1.807, 2.05) is 0 Å². The fourth-order valence-electron chi connectivity index (χ4n) is 2.53. The summed E-state index contributed by atoms with van der Waals surface area (Å²) in [6, 6.07) is 10.1. The van der Waals surface area contributed by atoms with E-state index in [-0.39, 0.29) is 18.0 Å². The van der Waals surface area contributed by atoms with Gasteiger partial charge in [0.1, 0.15) is 0 Å². The van der Waals surface area contributed by atoms with Crippen LogP contribution < -0.4 is 0 Å². The fraction of sp³-hybridized carbons (Fsp3) is 0.118. The van der Waals surface area contributed by atoms with Crippen LogP contribution in [0.15, 0.2) is 54.7 Å². The zero-order chi connectivity index (χ0) is 18.2. The number of nitro benzene ring substituents is 1. The Labute approximate surface area is 139 Å². The van der Waals surface area contributed by atoms with Gasteiger partial charge in [0.05, 0.1) is 22.4 Å². The van der Waals surface area contributed by atoms with Crippen molar-refractivity contribution in [3.05, 3.63) is 76.0 Å². The van der Waals surface area contributed by atoms with Crippen molar-refractivity contribution in [3.8, 4) is 0 Å². The van der Waals surface area contributed by atoms with Gasteiger partial charge in [-0.2, -0.15) is 13.2 Å². The number of aromatic nitrogens is 1. The molecule has 0 bridgehead atoms. The zero-order valence-corrected chi connectivity index (χ0v) is 12.7. The number of nitrogens with zero attached hydrogens (tertiary/aromatic N) is 2. The maximum atomic E-state index is 12.6. The molecule has 0 unspecified atom stereocenters. The highest BCUT2D eigenvalue weighted by Gasteiger charge is 2.30. The molecule has 2 aromatic carbocycles. The first kappa shape index (κ1) is 16.7. The predicted molar refractivity (Wildman–Crippen MR) is 84.4 cm³/mol. The third-order valence-electron chi connectivity index (χ3n) is 3.79. The molecule has 1 heterocycles. The third kappa shape index (κ3) is 3.37. The number of benzene rings is 2. The van der Waals surface area contributed by atoms with Gasteiger partial charge in [0.15, 0.2) is 0 Å². The lowest BCUT2D eigenvalue weighted by Gasteiger charge is -2.08. The van der Waals surface area contributed by atoms with Gasteiger partial charge in [0.2, 0.25) is 5.91 Å². The summed E-state index contributed by atoms with van der Waals surface area (Å²) in [6.45, 7) is 0. The minimum atomic E-state index is -4.42. The molecule has 3 rings (SSSR count). The highest BCUT2D eigenvalue weighted by Crippen LogP contribution is 2.29. The lowest BCUT2D eigenvalue weighted by molar-refractivity contribution is -0.384. The zero-order valence-electron chi connectivity index (χ0n) is 12.7. The van der Waals surface area contributed by atoms with E-state index < -0.39 is 16.7 Å². The predicted octanol–water partition coefficient (Wildman–Crippen LogP) is 4.45. The number of halogens is 3. The van der Waals surface area contributed by atoms with Crippen molar-refractivity contribution < 1.29 is 22.9 Å². The Kier molecular flexibility index (Phi) is 4.03. The first-order valence-electron chi connectivity index (χ1n) is 7.20. The van der Waals surface area contributed by atoms with Crippen molar-refractivity contribution in [2.75, 3.05) is 0 Å². The second-order valence-electron chi connectivity index (χ2n) is 5.45. The summed E-state index contributed by atoms with van der Waals surface area (Å²) in [5, 5.41) is 11.3. The number of rotatable bonds is 3. The molecular weight excluding hydrogens is 337 g/mol.